The van der Waals surface area contributed by atoms with Crippen LogP contribution in [0.1, 0.15) is 49.8 Å². The first kappa shape index (κ1) is 18.6. The standard InChI is InChI=1S/C22H27N3O3/c1-16(21-14-17-8-3-4-9-19(17)28-21)24-22(26)23-15-18(20-10-7-13-27-20)25-11-5-2-6-12-25/h3-4,7-10,13-14,16,18H,2,5-6,11-12,15H2,1H3,(H2,23,24,26). The van der Waals surface area contributed by atoms with Crippen molar-refractivity contribution in [2.45, 2.75) is 38.3 Å². The number of piperidine rings is 1. The van der Waals surface area contributed by atoms with Gasteiger partial charge in [-0.2, -0.15) is 0 Å². The summed E-state index contributed by atoms with van der Waals surface area (Å²) in [5, 5.41) is 7.01. The molecule has 1 saturated heterocycles. The molecule has 2 atom stereocenters. The highest BCUT2D eigenvalue weighted by molar-refractivity contribution is 5.78. The van der Waals surface area contributed by atoms with Gasteiger partial charge < -0.3 is 19.5 Å². The van der Waals surface area contributed by atoms with E-state index in [-0.39, 0.29) is 18.1 Å². The smallest absolute Gasteiger partial charge is 0.315 e. The molecular weight excluding hydrogens is 354 g/mol. The van der Waals surface area contributed by atoms with Crippen molar-refractivity contribution < 1.29 is 13.6 Å². The van der Waals surface area contributed by atoms with Crippen molar-refractivity contribution >= 4 is 17.0 Å². The van der Waals surface area contributed by atoms with Gasteiger partial charge in [-0.1, -0.05) is 24.6 Å². The molecule has 2 aromatic heterocycles. The summed E-state index contributed by atoms with van der Waals surface area (Å²) in [6.07, 6.45) is 5.33. The number of hydrogen-bond donors (Lipinski definition) is 2. The van der Waals surface area contributed by atoms with Crippen LogP contribution in [0.3, 0.4) is 0 Å². The minimum atomic E-state index is -0.218. The second-order valence-electron chi connectivity index (χ2n) is 7.39. The van der Waals surface area contributed by atoms with Gasteiger partial charge in [-0.15, -0.1) is 0 Å². The third-order valence-corrected chi connectivity index (χ3v) is 5.38. The van der Waals surface area contributed by atoms with E-state index in [1.54, 1.807) is 6.26 Å². The maximum absolute atomic E-state index is 12.5. The lowest BCUT2D eigenvalue weighted by molar-refractivity contribution is 0.143. The van der Waals surface area contributed by atoms with Crippen LogP contribution < -0.4 is 10.6 Å². The number of likely N-dealkylation sites (tertiary alicyclic amines) is 1. The van der Waals surface area contributed by atoms with E-state index in [0.717, 1.165) is 35.6 Å². The number of nitrogens with one attached hydrogen (secondary N) is 2. The van der Waals surface area contributed by atoms with Gasteiger partial charge >= 0.3 is 6.03 Å². The summed E-state index contributed by atoms with van der Waals surface area (Å²) >= 11 is 0. The largest absolute Gasteiger partial charge is 0.468 e. The minimum Gasteiger partial charge on any atom is -0.468 e. The first-order valence-electron chi connectivity index (χ1n) is 10.0. The summed E-state index contributed by atoms with van der Waals surface area (Å²) in [4.78, 5) is 14.9. The van der Waals surface area contributed by atoms with Crippen LogP contribution in [0.2, 0.25) is 0 Å². The topological polar surface area (TPSA) is 70.7 Å². The molecular formula is C22H27N3O3. The molecule has 6 nitrogen and oxygen atoms in total. The molecule has 2 unspecified atom stereocenters. The normalized spacial score (nSPS) is 17.3. The molecule has 0 bridgehead atoms. The predicted molar refractivity (Wildman–Crippen MR) is 108 cm³/mol. The van der Waals surface area contributed by atoms with Crippen LogP contribution >= 0.6 is 0 Å². The third-order valence-electron chi connectivity index (χ3n) is 5.38. The Kier molecular flexibility index (Phi) is 5.67. The molecule has 0 saturated carbocycles. The summed E-state index contributed by atoms with van der Waals surface area (Å²) < 4.78 is 11.5. The van der Waals surface area contributed by atoms with E-state index in [9.17, 15) is 4.79 Å². The number of benzene rings is 1. The van der Waals surface area contributed by atoms with Gasteiger partial charge in [0.15, 0.2) is 0 Å². The number of nitrogens with zero attached hydrogens (tertiary/aromatic N) is 1. The summed E-state index contributed by atoms with van der Waals surface area (Å²) in [7, 11) is 0. The first-order chi connectivity index (χ1) is 13.7. The van der Waals surface area contributed by atoms with E-state index in [1.165, 1.54) is 19.3 Å². The zero-order chi connectivity index (χ0) is 19.3. The van der Waals surface area contributed by atoms with Crippen LogP contribution in [0.4, 0.5) is 4.79 Å². The van der Waals surface area contributed by atoms with Crippen molar-refractivity contribution in [1.29, 1.82) is 0 Å². The molecule has 3 aromatic rings. The highest BCUT2D eigenvalue weighted by Gasteiger charge is 2.25. The molecule has 2 amide bonds. The molecule has 0 radical (unpaired) electrons. The maximum Gasteiger partial charge on any atom is 0.315 e. The molecule has 0 spiro atoms. The van der Waals surface area contributed by atoms with E-state index >= 15 is 0 Å². The summed E-state index contributed by atoms with van der Waals surface area (Å²) in [6.45, 7) is 4.49. The Morgan fingerprint density at radius 2 is 1.93 bits per heavy atom. The number of carbonyl (C=O) groups is 1. The van der Waals surface area contributed by atoms with Crippen LogP contribution in [0, 0.1) is 0 Å². The van der Waals surface area contributed by atoms with E-state index in [0.29, 0.717) is 6.54 Å². The fraction of sp³-hybridized carbons (Fsp3) is 0.409. The first-order valence-corrected chi connectivity index (χ1v) is 10.0. The Hall–Kier alpha value is -2.73. The number of urea groups is 1. The van der Waals surface area contributed by atoms with Gasteiger partial charge in [-0.3, -0.25) is 4.90 Å². The number of fused-ring (bicyclic) bond motifs is 1. The van der Waals surface area contributed by atoms with Crippen molar-refractivity contribution in [3.05, 3.63) is 60.2 Å². The average Bonchev–Trinajstić information content (AvgIpc) is 3.39. The summed E-state index contributed by atoms with van der Waals surface area (Å²) in [6, 6.07) is 13.3. The molecule has 0 aliphatic carbocycles. The SMILES string of the molecule is CC(NC(=O)NCC(c1ccco1)N1CCCCC1)c1cc2ccccc2o1. The van der Waals surface area contributed by atoms with Crippen molar-refractivity contribution in [2.75, 3.05) is 19.6 Å². The molecule has 2 N–H and O–H groups in total. The highest BCUT2D eigenvalue weighted by Crippen LogP contribution is 2.25. The Morgan fingerprint density at radius 1 is 1.11 bits per heavy atom. The molecule has 148 valence electrons. The Labute approximate surface area is 164 Å². The lowest BCUT2D eigenvalue weighted by Crippen LogP contribution is -2.44. The van der Waals surface area contributed by atoms with E-state index in [2.05, 4.69) is 15.5 Å². The second-order valence-corrected chi connectivity index (χ2v) is 7.39. The van der Waals surface area contributed by atoms with Crippen molar-refractivity contribution in [3.63, 3.8) is 0 Å². The number of amides is 2. The van der Waals surface area contributed by atoms with Gasteiger partial charge in [0.1, 0.15) is 17.1 Å². The fourth-order valence-electron chi connectivity index (χ4n) is 3.84. The molecule has 1 aromatic carbocycles. The maximum atomic E-state index is 12.5. The highest BCUT2D eigenvalue weighted by atomic mass is 16.3. The van der Waals surface area contributed by atoms with E-state index < -0.39 is 0 Å². The lowest BCUT2D eigenvalue weighted by Gasteiger charge is -2.33. The molecule has 1 aliphatic heterocycles. The van der Waals surface area contributed by atoms with Crippen LogP contribution in [-0.4, -0.2) is 30.6 Å². The minimum absolute atomic E-state index is 0.0579. The number of hydrogen-bond acceptors (Lipinski definition) is 4. The zero-order valence-corrected chi connectivity index (χ0v) is 16.2. The number of carbonyl (C=O) groups excluding carboxylic acids is 1. The van der Waals surface area contributed by atoms with Gasteiger partial charge in [0.2, 0.25) is 0 Å². The number of rotatable bonds is 6. The van der Waals surface area contributed by atoms with Crippen molar-refractivity contribution in [3.8, 4) is 0 Å². The van der Waals surface area contributed by atoms with Crippen LogP contribution in [0.25, 0.3) is 11.0 Å². The van der Waals surface area contributed by atoms with Crippen LogP contribution in [0.15, 0.2) is 57.6 Å². The summed E-state index contributed by atoms with van der Waals surface area (Å²) in [5.74, 6) is 1.64. The molecule has 3 heterocycles. The summed E-state index contributed by atoms with van der Waals surface area (Å²) in [5.41, 5.74) is 0.828. The molecule has 6 heteroatoms. The van der Waals surface area contributed by atoms with E-state index in [4.69, 9.17) is 8.83 Å². The fourth-order valence-corrected chi connectivity index (χ4v) is 3.84. The van der Waals surface area contributed by atoms with Gasteiger partial charge in [-0.25, -0.2) is 4.79 Å². The average molecular weight is 381 g/mol. The molecule has 4 rings (SSSR count). The monoisotopic (exact) mass is 381 g/mol. The molecule has 1 aliphatic rings. The molecule has 28 heavy (non-hydrogen) atoms. The Balaban J connectivity index is 1.36. The quantitative estimate of drug-likeness (QED) is 0.654. The van der Waals surface area contributed by atoms with Crippen molar-refractivity contribution in [1.82, 2.24) is 15.5 Å². The number of para-hydroxylation sites is 1. The third kappa shape index (κ3) is 4.22. The predicted octanol–water partition coefficient (Wildman–Crippen LogP) is 4.61. The second kappa shape index (κ2) is 8.52. The van der Waals surface area contributed by atoms with Gasteiger partial charge in [-0.05, 0) is 57.1 Å². The lowest BCUT2D eigenvalue weighted by atomic mass is 10.1. The number of furan rings is 2. The molecule has 1 fully saturated rings. The van der Waals surface area contributed by atoms with Gasteiger partial charge in [0, 0.05) is 11.9 Å². The van der Waals surface area contributed by atoms with E-state index in [1.807, 2.05) is 49.4 Å². The zero-order valence-electron chi connectivity index (χ0n) is 16.2. The van der Waals surface area contributed by atoms with Gasteiger partial charge in [0.05, 0.1) is 18.3 Å². The Bertz CT molecular complexity index is 864. The van der Waals surface area contributed by atoms with Crippen LogP contribution in [-0.2, 0) is 0 Å². The Morgan fingerprint density at radius 3 is 2.68 bits per heavy atom. The van der Waals surface area contributed by atoms with Crippen molar-refractivity contribution in [2.24, 2.45) is 0 Å². The van der Waals surface area contributed by atoms with Gasteiger partial charge in [0.25, 0.3) is 0 Å². The van der Waals surface area contributed by atoms with Crippen LogP contribution in [0.5, 0.6) is 0 Å².